The van der Waals surface area contributed by atoms with Gasteiger partial charge in [-0.05, 0) is 31.2 Å². The van der Waals surface area contributed by atoms with Crippen molar-refractivity contribution >= 4 is 5.91 Å². The molecule has 6 heteroatoms. The van der Waals surface area contributed by atoms with E-state index >= 15 is 0 Å². The van der Waals surface area contributed by atoms with Crippen LogP contribution in [0.2, 0.25) is 0 Å². The largest absolute Gasteiger partial charge is 0.497 e. The quantitative estimate of drug-likeness (QED) is 0.699. The third-order valence-electron chi connectivity index (χ3n) is 4.35. The Kier molecular flexibility index (Phi) is 5.88. The zero-order chi connectivity index (χ0) is 19.2. The number of aliphatic hydroxyl groups excluding tert-OH is 1. The van der Waals surface area contributed by atoms with Crippen molar-refractivity contribution in [2.75, 3.05) is 26.8 Å². The highest BCUT2D eigenvalue weighted by molar-refractivity contribution is 6.00. The number of benzene rings is 2. The van der Waals surface area contributed by atoms with Crippen LogP contribution in [0.5, 0.6) is 5.75 Å². The molecule has 1 amide bonds. The van der Waals surface area contributed by atoms with Gasteiger partial charge in [0.15, 0.2) is 0 Å². The topological polar surface area (TPSA) is 67.6 Å². The maximum atomic E-state index is 13.1. The van der Waals surface area contributed by atoms with E-state index in [0.717, 1.165) is 11.3 Å². The highest BCUT2D eigenvalue weighted by Crippen LogP contribution is 2.27. The Hall–Kier alpha value is -3.12. The van der Waals surface area contributed by atoms with Gasteiger partial charge in [-0.1, -0.05) is 30.3 Å². The first-order chi connectivity index (χ1) is 13.2. The molecule has 0 aliphatic carbocycles. The second-order valence-electron chi connectivity index (χ2n) is 6.01. The molecule has 1 N–H and O–H groups in total. The van der Waals surface area contributed by atoms with E-state index in [1.807, 2.05) is 61.5 Å². The first-order valence-electron chi connectivity index (χ1n) is 8.87. The van der Waals surface area contributed by atoms with Gasteiger partial charge in [-0.25, -0.2) is 4.68 Å². The minimum absolute atomic E-state index is 0.0824. The number of hydrogen-bond acceptors (Lipinski definition) is 4. The second-order valence-corrected chi connectivity index (χ2v) is 6.01. The van der Waals surface area contributed by atoms with E-state index in [9.17, 15) is 9.90 Å². The molecule has 27 heavy (non-hydrogen) atoms. The van der Waals surface area contributed by atoms with Gasteiger partial charge >= 0.3 is 0 Å². The average Bonchev–Trinajstić information content (AvgIpc) is 3.17. The number of carbonyl (C=O) groups is 1. The number of rotatable bonds is 7. The molecule has 0 saturated carbocycles. The fourth-order valence-corrected chi connectivity index (χ4v) is 2.92. The van der Waals surface area contributed by atoms with E-state index in [1.54, 1.807) is 22.9 Å². The van der Waals surface area contributed by atoms with Crippen molar-refractivity contribution in [3.8, 4) is 22.7 Å². The summed E-state index contributed by atoms with van der Waals surface area (Å²) in [6, 6.07) is 17.1. The zero-order valence-electron chi connectivity index (χ0n) is 15.5. The summed E-state index contributed by atoms with van der Waals surface area (Å²) in [5.41, 5.74) is 2.74. The van der Waals surface area contributed by atoms with Crippen molar-refractivity contribution in [1.29, 1.82) is 0 Å². The van der Waals surface area contributed by atoms with Crippen molar-refractivity contribution < 1.29 is 14.6 Å². The molecule has 2 aromatic carbocycles. The van der Waals surface area contributed by atoms with Gasteiger partial charge in [0.25, 0.3) is 5.91 Å². The van der Waals surface area contributed by atoms with Crippen molar-refractivity contribution in [1.82, 2.24) is 14.7 Å². The molecule has 3 aromatic rings. The van der Waals surface area contributed by atoms with Gasteiger partial charge in [-0.15, -0.1) is 0 Å². The van der Waals surface area contributed by atoms with Crippen LogP contribution in [0.3, 0.4) is 0 Å². The molecule has 0 radical (unpaired) electrons. The van der Waals surface area contributed by atoms with Crippen LogP contribution in [-0.4, -0.2) is 52.5 Å². The van der Waals surface area contributed by atoms with Gasteiger partial charge in [0.05, 0.1) is 25.0 Å². The van der Waals surface area contributed by atoms with Crippen molar-refractivity contribution in [2.45, 2.75) is 6.92 Å². The fraction of sp³-hybridized carbons (Fsp3) is 0.238. The fourth-order valence-electron chi connectivity index (χ4n) is 2.92. The van der Waals surface area contributed by atoms with Gasteiger partial charge < -0.3 is 14.7 Å². The number of hydrogen-bond donors (Lipinski definition) is 1. The van der Waals surface area contributed by atoms with Gasteiger partial charge in [0, 0.05) is 24.8 Å². The van der Waals surface area contributed by atoms with Gasteiger partial charge in [0.2, 0.25) is 0 Å². The van der Waals surface area contributed by atoms with Crippen LogP contribution in [0.1, 0.15) is 17.3 Å². The van der Waals surface area contributed by atoms with E-state index in [2.05, 4.69) is 5.10 Å². The predicted octanol–water partition coefficient (Wildman–Crippen LogP) is 3.00. The number of aliphatic hydroxyl groups is 1. The lowest BCUT2D eigenvalue weighted by molar-refractivity contribution is 0.0732. The lowest BCUT2D eigenvalue weighted by atomic mass is 10.1. The Labute approximate surface area is 158 Å². The molecule has 140 valence electrons. The molecule has 0 bridgehead atoms. The number of nitrogens with zero attached hydrogens (tertiary/aromatic N) is 3. The van der Waals surface area contributed by atoms with Crippen LogP contribution in [0, 0.1) is 0 Å². The Morgan fingerprint density at radius 3 is 2.63 bits per heavy atom. The third kappa shape index (κ3) is 4.01. The second kappa shape index (κ2) is 8.51. The molecule has 1 heterocycles. The zero-order valence-corrected chi connectivity index (χ0v) is 15.5. The van der Waals surface area contributed by atoms with Crippen LogP contribution < -0.4 is 4.74 Å². The van der Waals surface area contributed by atoms with E-state index in [4.69, 9.17) is 4.74 Å². The van der Waals surface area contributed by atoms with E-state index in [0.29, 0.717) is 23.6 Å². The van der Waals surface area contributed by atoms with Crippen LogP contribution in [0.4, 0.5) is 0 Å². The van der Waals surface area contributed by atoms with Gasteiger partial charge in [-0.3, -0.25) is 4.79 Å². The molecule has 3 rings (SSSR count). The summed E-state index contributed by atoms with van der Waals surface area (Å²) >= 11 is 0. The molecule has 0 atom stereocenters. The molecule has 0 spiro atoms. The minimum Gasteiger partial charge on any atom is -0.497 e. The third-order valence-corrected chi connectivity index (χ3v) is 4.35. The number of ether oxygens (including phenoxy) is 1. The molecule has 0 saturated heterocycles. The van der Waals surface area contributed by atoms with Crippen LogP contribution in [0.25, 0.3) is 16.9 Å². The Morgan fingerprint density at radius 2 is 1.96 bits per heavy atom. The first-order valence-corrected chi connectivity index (χ1v) is 8.87. The van der Waals surface area contributed by atoms with Gasteiger partial charge in [0.1, 0.15) is 11.4 Å². The Bertz CT molecular complexity index is 906. The smallest absolute Gasteiger partial charge is 0.257 e. The molecule has 0 aliphatic heterocycles. The predicted molar refractivity (Wildman–Crippen MR) is 104 cm³/mol. The van der Waals surface area contributed by atoms with Crippen LogP contribution in [-0.2, 0) is 0 Å². The SMILES string of the molecule is CCN(CCO)C(=O)c1cn(-c2ccccc2)nc1-c1cccc(OC)c1. The molecule has 0 fully saturated rings. The average molecular weight is 365 g/mol. The van der Waals surface area contributed by atoms with Crippen LogP contribution >= 0.6 is 0 Å². The molecule has 6 nitrogen and oxygen atoms in total. The maximum absolute atomic E-state index is 13.1. The van der Waals surface area contributed by atoms with E-state index in [1.165, 1.54) is 0 Å². The summed E-state index contributed by atoms with van der Waals surface area (Å²) in [4.78, 5) is 14.7. The summed E-state index contributed by atoms with van der Waals surface area (Å²) in [5.74, 6) is 0.536. The monoisotopic (exact) mass is 365 g/mol. The van der Waals surface area contributed by atoms with E-state index in [-0.39, 0.29) is 19.1 Å². The highest BCUT2D eigenvalue weighted by Gasteiger charge is 2.22. The molecule has 1 aromatic heterocycles. The molecule has 0 unspecified atom stereocenters. The minimum atomic E-state index is -0.161. The van der Waals surface area contributed by atoms with Crippen LogP contribution in [0.15, 0.2) is 60.8 Å². The number of amides is 1. The number of likely N-dealkylation sites (N-methyl/N-ethyl adjacent to an activating group) is 1. The summed E-state index contributed by atoms with van der Waals surface area (Å²) in [5, 5.41) is 13.9. The lowest BCUT2D eigenvalue weighted by Gasteiger charge is -2.19. The Balaban J connectivity index is 2.12. The Morgan fingerprint density at radius 1 is 1.19 bits per heavy atom. The number of para-hydroxylation sites is 1. The van der Waals surface area contributed by atoms with Crippen molar-refractivity contribution in [2.24, 2.45) is 0 Å². The summed E-state index contributed by atoms with van der Waals surface area (Å²) in [6.07, 6.45) is 1.74. The van der Waals surface area contributed by atoms with Gasteiger partial charge in [-0.2, -0.15) is 5.10 Å². The standard InChI is InChI=1S/C21H23N3O3/c1-3-23(12-13-25)21(26)19-15-24(17-9-5-4-6-10-17)22-20(19)16-8-7-11-18(14-16)27-2/h4-11,14-15,25H,3,12-13H2,1-2H3. The summed E-state index contributed by atoms with van der Waals surface area (Å²) in [6.45, 7) is 2.60. The number of carbonyl (C=O) groups excluding carboxylic acids is 1. The highest BCUT2D eigenvalue weighted by atomic mass is 16.5. The molecular formula is C21H23N3O3. The summed E-state index contributed by atoms with van der Waals surface area (Å²) in [7, 11) is 1.60. The number of methoxy groups -OCH3 is 1. The lowest BCUT2D eigenvalue weighted by Crippen LogP contribution is -2.33. The molecule has 0 aliphatic rings. The normalized spacial score (nSPS) is 10.6. The maximum Gasteiger partial charge on any atom is 0.257 e. The van der Waals surface area contributed by atoms with Crippen molar-refractivity contribution in [3.63, 3.8) is 0 Å². The summed E-state index contributed by atoms with van der Waals surface area (Å²) < 4.78 is 7.02. The van der Waals surface area contributed by atoms with E-state index < -0.39 is 0 Å². The van der Waals surface area contributed by atoms with Crippen molar-refractivity contribution in [3.05, 3.63) is 66.4 Å². The molecular weight excluding hydrogens is 342 g/mol. The first kappa shape index (κ1) is 18.7. The number of aromatic nitrogens is 2.